The third kappa shape index (κ3) is 2.78. The summed E-state index contributed by atoms with van der Waals surface area (Å²) in [6.45, 7) is 3.29. The van der Waals surface area contributed by atoms with Gasteiger partial charge >= 0.3 is 5.97 Å². The minimum absolute atomic E-state index is 0.138. The van der Waals surface area contributed by atoms with E-state index in [1.807, 2.05) is 11.8 Å². The van der Waals surface area contributed by atoms with E-state index in [4.69, 9.17) is 10.5 Å². The number of aliphatic hydroxyl groups is 1. The summed E-state index contributed by atoms with van der Waals surface area (Å²) in [5.41, 5.74) is 6.46. The first-order chi connectivity index (χ1) is 9.02. The molecule has 0 saturated carbocycles. The van der Waals surface area contributed by atoms with Crippen molar-refractivity contribution in [2.24, 2.45) is 5.92 Å². The number of methoxy groups -OCH3 is 1. The minimum Gasteiger partial charge on any atom is -0.465 e. The van der Waals surface area contributed by atoms with Gasteiger partial charge in [0.25, 0.3) is 0 Å². The summed E-state index contributed by atoms with van der Waals surface area (Å²) in [5.74, 6) is 0.256. The van der Waals surface area contributed by atoms with Crippen molar-refractivity contribution in [3.63, 3.8) is 0 Å². The second-order valence-electron chi connectivity index (χ2n) is 4.91. The van der Waals surface area contributed by atoms with Gasteiger partial charge in [-0.05, 0) is 18.4 Å². The van der Waals surface area contributed by atoms with Crippen LogP contribution in [-0.4, -0.2) is 42.4 Å². The molecule has 1 fully saturated rings. The molecule has 6 heteroatoms. The molecule has 1 aliphatic heterocycles. The number of aliphatic hydroxyl groups excluding tert-OH is 1. The van der Waals surface area contributed by atoms with Crippen LogP contribution in [0, 0.1) is 5.92 Å². The molecule has 0 radical (unpaired) electrons. The molecular weight excluding hydrogens is 246 g/mol. The Hall–Kier alpha value is -1.82. The summed E-state index contributed by atoms with van der Waals surface area (Å²) >= 11 is 0. The van der Waals surface area contributed by atoms with Crippen molar-refractivity contribution < 1.29 is 14.6 Å². The number of nitrogen functional groups attached to an aromatic ring is 1. The Bertz CT molecular complexity index is 478. The molecule has 0 aromatic carbocycles. The van der Waals surface area contributed by atoms with Gasteiger partial charge in [0.15, 0.2) is 0 Å². The second-order valence-corrected chi connectivity index (χ2v) is 4.91. The van der Waals surface area contributed by atoms with Crippen LogP contribution in [0.5, 0.6) is 0 Å². The molecule has 104 valence electrons. The van der Waals surface area contributed by atoms with Gasteiger partial charge in [0.05, 0.1) is 25.1 Å². The molecule has 2 atom stereocenters. The van der Waals surface area contributed by atoms with E-state index < -0.39 is 5.97 Å². The number of rotatable bonds is 2. The van der Waals surface area contributed by atoms with Crippen LogP contribution in [-0.2, 0) is 4.74 Å². The van der Waals surface area contributed by atoms with Crippen molar-refractivity contribution in [2.75, 3.05) is 30.8 Å². The minimum atomic E-state index is -0.450. The summed E-state index contributed by atoms with van der Waals surface area (Å²) < 4.78 is 4.76. The monoisotopic (exact) mass is 265 g/mol. The van der Waals surface area contributed by atoms with Gasteiger partial charge in [0, 0.05) is 13.1 Å². The number of anilines is 2. The molecule has 1 aromatic rings. The van der Waals surface area contributed by atoms with Crippen molar-refractivity contribution in [3.05, 3.63) is 17.8 Å². The largest absolute Gasteiger partial charge is 0.465 e. The zero-order valence-electron chi connectivity index (χ0n) is 11.2. The van der Waals surface area contributed by atoms with Crippen molar-refractivity contribution in [1.82, 2.24) is 4.98 Å². The standard InChI is InChI=1S/C13H19N3O3/c1-8-7-16(4-3-11(8)17)12-10(13(18)19-2)5-9(14)6-15-12/h5-6,8,11,17H,3-4,7,14H2,1-2H3. The van der Waals surface area contributed by atoms with Gasteiger partial charge in [-0.15, -0.1) is 0 Å². The quantitative estimate of drug-likeness (QED) is 0.764. The fraction of sp³-hybridized carbons (Fsp3) is 0.538. The van der Waals surface area contributed by atoms with Crippen LogP contribution in [0.3, 0.4) is 0 Å². The van der Waals surface area contributed by atoms with Crippen LogP contribution in [0.15, 0.2) is 12.3 Å². The zero-order valence-corrected chi connectivity index (χ0v) is 11.2. The molecule has 0 amide bonds. The average Bonchev–Trinajstić information content (AvgIpc) is 2.41. The number of carbonyl (C=O) groups excluding carboxylic acids is 1. The summed E-state index contributed by atoms with van der Waals surface area (Å²) in [6, 6.07) is 1.57. The lowest BCUT2D eigenvalue weighted by molar-refractivity contribution is 0.0600. The number of nitrogens with two attached hydrogens (primary N) is 1. The third-order valence-corrected chi connectivity index (χ3v) is 3.45. The van der Waals surface area contributed by atoms with Crippen LogP contribution in [0.4, 0.5) is 11.5 Å². The van der Waals surface area contributed by atoms with Gasteiger partial charge in [-0.2, -0.15) is 0 Å². The van der Waals surface area contributed by atoms with Crippen molar-refractivity contribution in [2.45, 2.75) is 19.4 Å². The van der Waals surface area contributed by atoms with E-state index in [9.17, 15) is 9.90 Å². The highest BCUT2D eigenvalue weighted by atomic mass is 16.5. The maximum atomic E-state index is 11.8. The molecule has 0 spiro atoms. The number of ether oxygens (including phenoxy) is 1. The molecule has 1 saturated heterocycles. The first-order valence-corrected chi connectivity index (χ1v) is 6.29. The Morgan fingerprint density at radius 1 is 1.63 bits per heavy atom. The van der Waals surface area contributed by atoms with Crippen molar-refractivity contribution in [1.29, 1.82) is 0 Å². The van der Waals surface area contributed by atoms with Gasteiger partial charge < -0.3 is 20.5 Å². The maximum Gasteiger partial charge on any atom is 0.341 e. The fourth-order valence-electron chi connectivity index (χ4n) is 2.31. The molecule has 0 aliphatic carbocycles. The SMILES string of the molecule is COC(=O)c1cc(N)cnc1N1CCC(O)C(C)C1. The lowest BCUT2D eigenvalue weighted by Gasteiger charge is -2.35. The van der Waals surface area contributed by atoms with Crippen LogP contribution < -0.4 is 10.6 Å². The van der Waals surface area contributed by atoms with E-state index in [2.05, 4.69) is 4.98 Å². The molecule has 1 aliphatic rings. The molecule has 0 bridgehead atoms. The molecular formula is C13H19N3O3. The van der Waals surface area contributed by atoms with E-state index in [1.165, 1.54) is 13.3 Å². The number of aromatic nitrogens is 1. The summed E-state index contributed by atoms with van der Waals surface area (Å²) in [4.78, 5) is 18.0. The highest BCUT2D eigenvalue weighted by molar-refractivity contribution is 5.95. The molecule has 1 aromatic heterocycles. The Kier molecular flexibility index (Phi) is 3.90. The first kappa shape index (κ1) is 13.6. The molecule has 2 unspecified atom stereocenters. The number of nitrogens with zero attached hydrogens (tertiary/aromatic N) is 2. The summed E-state index contributed by atoms with van der Waals surface area (Å²) in [6.07, 6.45) is 1.89. The van der Waals surface area contributed by atoms with Gasteiger partial charge in [-0.3, -0.25) is 0 Å². The van der Waals surface area contributed by atoms with Crippen LogP contribution in [0.1, 0.15) is 23.7 Å². The van der Waals surface area contributed by atoms with Gasteiger partial charge in [-0.25, -0.2) is 9.78 Å². The number of hydrogen-bond donors (Lipinski definition) is 2. The van der Waals surface area contributed by atoms with Crippen LogP contribution in [0.25, 0.3) is 0 Å². The maximum absolute atomic E-state index is 11.8. The fourth-order valence-corrected chi connectivity index (χ4v) is 2.31. The topological polar surface area (TPSA) is 88.7 Å². The zero-order chi connectivity index (χ0) is 14.0. The Labute approximate surface area is 112 Å². The Morgan fingerprint density at radius 3 is 3.00 bits per heavy atom. The number of pyridine rings is 1. The predicted octanol–water partition coefficient (Wildman–Crippen LogP) is 0.657. The molecule has 6 nitrogen and oxygen atoms in total. The summed E-state index contributed by atoms with van der Waals surface area (Å²) in [5, 5.41) is 9.75. The van der Waals surface area contributed by atoms with Crippen molar-refractivity contribution >= 4 is 17.5 Å². The van der Waals surface area contributed by atoms with Gasteiger partial charge in [-0.1, -0.05) is 6.92 Å². The Balaban J connectivity index is 2.31. The van der Waals surface area contributed by atoms with E-state index in [-0.39, 0.29) is 12.0 Å². The molecule has 2 heterocycles. The first-order valence-electron chi connectivity index (χ1n) is 6.29. The van der Waals surface area contributed by atoms with Gasteiger partial charge in [0.1, 0.15) is 11.4 Å². The van der Waals surface area contributed by atoms with Crippen LogP contribution >= 0.6 is 0 Å². The number of hydrogen-bond acceptors (Lipinski definition) is 6. The Morgan fingerprint density at radius 2 is 2.37 bits per heavy atom. The molecule has 2 rings (SSSR count). The van der Waals surface area contributed by atoms with E-state index in [0.29, 0.717) is 36.6 Å². The van der Waals surface area contributed by atoms with Crippen molar-refractivity contribution in [3.8, 4) is 0 Å². The van der Waals surface area contributed by atoms with E-state index in [0.717, 1.165) is 0 Å². The lowest BCUT2D eigenvalue weighted by atomic mass is 9.96. The number of esters is 1. The smallest absolute Gasteiger partial charge is 0.341 e. The van der Waals surface area contributed by atoms with E-state index in [1.54, 1.807) is 6.07 Å². The van der Waals surface area contributed by atoms with Gasteiger partial charge in [0.2, 0.25) is 0 Å². The molecule has 3 N–H and O–H groups in total. The number of piperidine rings is 1. The summed E-state index contributed by atoms with van der Waals surface area (Å²) in [7, 11) is 1.33. The predicted molar refractivity (Wildman–Crippen MR) is 72.0 cm³/mol. The number of carbonyl (C=O) groups is 1. The highest BCUT2D eigenvalue weighted by Gasteiger charge is 2.27. The highest BCUT2D eigenvalue weighted by Crippen LogP contribution is 2.26. The normalized spacial score (nSPS) is 23.2. The lowest BCUT2D eigenvalue weighted by Crippen LogP contribution is -2.43. The van der Waals surface area contributed by atoms with Crippen LogP contribution in [0.2, 0.25) is 0 Å². The molecule has 19 heavy (non-hydrogen) atoms. The van der Waals surface area contributed by atoms with E-state index >= 15 is 0 Å². The second kappa shape index (κ2) is 5.44. The third-order valence-electron chi connectivity index (χ3n) is 3.45. The average molecular weight is 265 g/mol.